The van der Waals surface area contributed by atoms with Crippen molar-refractivity contribution in [3.8, 4) is 0 Å². The molecule has 1 aromatic rings. The lowest BCUT2D eigenvalue weighted by Gasteiger charge is -2.19. The van der Waals surface area contributed by atoms with Crippen LogP contribution in [0.3, 0.4) is 0 Å². The Bertz CT molecular complexity index is 335. The van der Waals surface area contributed by atoms with Crippen LogP contribution in [0.15, 0.2) is 24.3 Å². The first-order valence-electron chi connectivity index (χ1n) is 5.27. The maximum Gasteiger partial charge on any atom is 0.335 e. The molecule has 0 bridgehead atoms. The Kier molecular flexibility index (Phi) is 4.79. The van der Waals surface area contributed by atoms with Crippen molar-refractivity contribution in [2.45, 2.75) is 6.92 Å². The summed E-state index contributed by atoms with van der Waals surface area (Å²) in [5, 5.41) is 8.75. The number of likely N-dealkylation sites (N-methyl/N-ethyl adjacent to an activating group) is 1. The first kappa shape index (κ1) is 12.5. The average Bonchev–Trinajstić information content (AvgIpc) is 2.29. The summed E-state index contributed by atoms with van der Waals surface area (Å²) < 4.78 is 5.25. The highest BCUT2D eigenvalue weighted by Crippen LogP contribution is 2.13. The van der Waals surface area contributed by atoms with Gasteiger partial charge in [0.25, 0.3) is 0 Å². The second kappa shape index (κ2) is 6.12. The summed E-state index contributed by atoms with van der Waals surface area (Å²) in [7, 11) is 1.95. The van der Waals surface area contributed by atoms with E-state index in [1.165, 1.54) is 0 Å². The maximum atomic E-state index is 10.7. The highest BCUT2D eigenvalue weighted by atomic mass is 16.5. The van der Waals surface area contributed by atoms with E-state index < -0.39 is 5.97 Å². The molecule has 0 aliphatic rings. The van der Waals surface area contributed by atoms with Gasteiger partial charge in [-0.1, -0.05) is 0 Å². The molecule has 4 nitrogen and oxygen atoms in total. The molecule has 0 unspecified atom stereocenters. The molecule has 0 atom stereocenters. The Hall–Kier alpha value is -1.55. The second-order valence-electron chi connectivity index (χ2n) is 3.47. The summed E-state index contributed by atoms with van der Waals surface area (Å²) in [5.74, 6) is -0.900. The van der Waals surface area contributed by atoms with E-state index in [9.17, 15) is 4.79 Å². The van der Waals surface area contributed by atoms with E-state index in [0.29, 0.717) is 18.8 Å². The van der Waals surface area contributed by atoms with Crippen LogP contribution in [0.5, 0.6) is 0 Å². The lowest BCUT2D eigenvalue weighted by Crippen LogP contribution is -2.22. The molecular formula is C12H17NO3. The molecule has 0 aromatic heterocycles. The quantitative estimate of drug-likeness (QED) is 0.748. The van der Waals surface area contributed by atoms with Gasteiger partial charge in [0.05, 0.1) is 12.2 Å². The molecule has 0 amide bonds. The van der Waals surface area contributed by atoms with E-state index in [1.807, 2.05) is 18.9 Å². The van der Waals surface area contributed by atoms with Crippen molar-refractivity contribution in [2.24, 2.45) is 0 Å². The molecule has 0 fully saturated rings. The van der Waals surface area contributed by atoms with Gasteiger partial charge >= 0.3 is 5.97 Å². The van der Waals surface area contributed by atoms with Gasteiger partial charge in [0.2, 0.25) is 0 Å². The third kappa shape index (κ3) is 3.55. The van der Waals surface area contributed by atoms with Gasteiger partial charge in [0, 0.05) is 25.9 Å². The number of carboxylic acid groups (broad SMARTS) is 1. The molecule has 0 heterocycles. The molecule has 16 heavy (non-hydrogen) atoms. The van der Waals surface area contributed by atoms with Crippen LogP contribution in [0.2, 0.25) is 0 Å². The van der Waals surface area contributed by atoms with E-state index >= 15 is 0 Å². The molecule has 1 N–H and O–H groups in total. The monoisotopic (exact) mass is 223 g/mol. The summed E-state index contributed by atoms with van der Waals surface area (Å²) in [5.41, 5.74) is 1.30. The highest BCUT2D eigenvalue weighted by Gasteiger charge is 2.04. The third-order valence-corrected chi connectivity index (χ3v) is 2.33. The zero-order valence-electron chi connectivity index (χ0n) is 9.64. The molecular weight excluding hydrogens is 206 g/mol. The molecule has 0 saturated carbocycles. The van der Waals surface area contributed by atoms with Crippen molar-refractivity contribution >= 4 is 11.7 Å². The Morgan fingerprint density at radius 3 is 2.50 bits per heavy atom. The summed E-state index contributed by atoms with van der Waals surface area (Å²) in [6, 6.07) is 6.81. The van der Waals surface area contributed by atoms with Gasteiger partial charge in [-0.2, -0.15) is 0 Å². The molecule has 0 aliphatic heterocycles. The van der Waals surface area contributed by atoms with Gasteiger partial charge in [-0.3, -0.25) is 0 Å². The predicted octanol–water partition coefficient (Wildman–Crippen LogP) is 1.86. The summed E-state index contributed by atoms with van der Waals surface area (Å²) in [6.07, 6.45) is 0. The summed E-state index contributed by atoms with van der Waals surface area (Å²) >= 11 is 0. The molecule has 1 aromatic carbocycles. The Labute approximate surface area is 95.5 Å². The second-order valence-corrected chi connectivity index (χ2v) is 3.47. The minimum Gasteiger partial charge on any atom is -0.478 e. The van der Waals surface area contributed by atoms with Crippen molar-refractivity contribution in [3.63, 3.8) is 0 Å². The number of rotatable bonds is 6. The molecule has 1 rings (SSSR count). The number of nitrogens with zero attached hydrogens (tertiary/aromatic N) is 1. The SMILES string of the molecule is CCOCCN(C)c1ccc(C(=O)O)cc1. The van der Waals surface area contributed by atoms with E-state index in [1.54, 1.807) is 24.3 Å². The van der Waals surface area contributed by atoms with Crippen LogP contribution in [-0.4, -0.2) is 37.9 Å². The summed E-state index contributed by atoms with van der Waals surface area (Å²) in [6.45, 7) is 4.14. The highest BCUT2D eigenvalue weighted by molar-refractivity contribution is 5.88. The predicted molar refractivity (Wildman–Crippen MR) is 63.2 cm³/mol. The number of aromatic carboxylic acids is 1. The fraction of sp³-hybridized carbons (Fsp3) is 0.417. The minimum atomic E-state index is -0.900. The largest absolute Gasteiger partial charge is 0.478 e. The standard InChI is InChI=1S/C12H17NO3/c1-3-16-9-8-13(2)11-6-4-10(5-7-11)12(14)15/h4-7H,3,8-9H2,1-2H3,(H,14,15). The first-order valence-corrected chi connectivity index (χ1v) is 5.27. The number of benzene rings is 1. The lowest BCUT2D eigenvalue weighted by molar-refractivity contribution is 0.0697. The summed E-state index contributed by atoms with van der Waals surface area (Å²) in [4.78, 5) is 12.7. The molecule has 0 saturated heterocycles. The van der Waals surface area contributed by atoms with Gasteiger partial charge in [-0.25, -0.2) is 4.79 Å². The van der Waals surface area contributed by atoms with Crippen LogP contribution in [0.25, 0.3) is 0 Å². The van der Waals surface area contributed by atoms with Crippen molar-refractivity contribution in [1.82, 2.24) is 0 Å². The lowest BCUT2D eigenvalue weighted by atomic mass is 10.2. The van der Waals surface area contributed by atoms with Crippen LogP contribution in [0.1, 0.15) is 17.3 Å². The number of hydrogen-bond donors (Lipinski definition) is 1. The van der Waals surface area contributed by atoms with Crippen LogP contribution < -0.4 is 4.90 Å². The van der Waals surface area contributed by atoms with E-state index in [4.69, 9.17) is 9.84 Å². The third-order valence-electron chi connectivity index (χ3n) is 2.33. The Morgan fingerprint density at radius 1 is 1.38 bits per heavy atom. The topological polar surface area (TPSA) is 49.8 Å². The van der Waals surface area contributed by atoms with Crippen LogP contribution >= 0.6 is 0 Å². The Balaban J connectivity index is 2.56. The molecule has 88 valence electrons. The van der Waals surface area contributed by atoms with E-state index in [0.717, 1.165) is 12.2 Å². The van der Waals surface area contributed by atoms with Gasteiger partial charge in [0.15, 0.2) is 0 Å². The fourth-order valence-electron chi connectivity index (χ4n) is 1.33. The first-order chi connectivity index (χ1) is 7.65. The number of anilines is 1. The minimum absolute atomic E-state index is 0.307. The van der Waals surface area contributed by atoms with Gasteiger partial charge in [0.1, 0.15) is 0 Å². The van der Waals surface area contributed by atoms with Gasteiger partial charge in [-0.05, 0) is 31.2 Å². The fourth-order valence-corrected chi connectivity index (χ4v) is 1.33. The zero-order valence-corrected chi connectivity index (χ0v) is 9.64. The van der Waals surface area contributed by atoms with Crippen molar-refractivity contribution in [3.05, 3.63) is 29.8 Å². The van der Waals surface area contributed by atoms with Crippen molar-refractivity contribution in [2.75, 3.05) is 31.7 Å². The molecule has 0 radical (unpaired) electrons. The average molecular weight is 223 g/mol. The normalized spacial score (nSPS) is 10.1. The van der Waals surface area contributed by atoms with Crippen LogP contribution in [0, 0.1) is 0 Å². The zero-order chi connectivity index (χ0) is 12.0. The van der Waals surface area contributed by atoms with E-state index in [-0.39, 0.29) is 0 Å². The van der Waals surface area contributed by atoms with Crippen molar-refractivity contribution in [1.29, 1.82) is 0 Å². The van der Waals surface area contributed by atoms with Crippen LogP contribution in [-0.2, 0) is 4.74 Å². The number of carboxylic acids is 1. The van der Waals surface area contributed by atoms with Crippen molar-refractivity contribution < 1.29 is 14.6 Å². The molecule has 0 aliphatic carbocycles. The molecule has 4 heteroatoms. The number of carbonyl (C=O) groups is 1. The van der Waals surface area contributed by atoms with Gasteiger partial charge in [-0.15, -0.1) is 0 Å². The molecule has 0 spiro atoms. The number of hydrogen-bond acceptors (Lipinski definition) is 3. The maximum absolute atomic E-state index is 10.7. The van der Waals surface area contributed by atoms with E-state index in [2.05, 4.69) is 0 Å². The van der Waals surface area contributed by atoms with Crippen LogP contribution in [0.4, 0.5) is 5.69 Å². The Morgan fingerprint density at radius 2 is 2.00 bits per heavy atom. The smallest absolute Gasteiger partial charge is 0.335 e. The van der Waals surface area contributed by atoms with Gasteiger partial charge < -0.3 is 14.7 Å². The number of ether oxygens (including phenoxy) is 1.